The molecule has 0 aliphatic carbocycles. The summed E-state index contributed by atoms with van der Waals surface area (Å²) in [4.78, 5) is 23.0. The zero-order valence-corrected chi connectivity index (χ0v) is 23.2. The molecule has 1 aromatic carbocycles. The van der Waals surface area contributed by atoms with Gasteiger partial charge >= 0.3 is 6.18 Å². The van der Waals surface area contributed by atoms with E-state index in [1.807, 2.05) is 0 Å². The van der Waals surface area contributed by atoms with E-state index in [0.717, 1.165) is 19.4 Å². The van der Waals surface area contributed by atoms with Gasteiger partial charge in [-0.3, -0.25) is 24.5 Å². The number of aryl methyl sites for hydroxylation is 3. The maximum atomic E-state index is 14.5. The van der Waals surface area contributed by atoms with E-state index in [2.05, 4.69) is 30.2 Å². The van der Waals surface area contributed by atoms with E-state index in [1.165, 1.54) is 23.9 Å². The Kier molecular flexibility index (Phi) is 5.81. The number of fused-ring (bicyclic) bond motifs is 5. The Balaban J connectivity index is 1.41. The van der Waals surface area contributed by atoms with E-state index < -0.39 is 17.3 Å². The summed E-state index contributed by atoms with van der Waals surface area (Å²) < 4.78 is 66.0. The Labute approximate surface area is 236 Å². The Bertz CT molecular complexity index is 1980. The van der Waals surface area contributed by atoms with Gasteiger partial charge in [-0.05, 0) is 56.9 Å². The first-order valence-corrected chi connectivity index (χ1v) is 13.8. The largest absolute Gasteiger partial charge is 0.463 e. The summed E-state index contributed by atoms with van der Waals surface area (Å²) in [6.07, 6.45) is -0.310. The highest BCUT2D eigenvalue weighted by Crippen LogP contribution is 2.46. The number of hydrogen-bond acceptors (Lipinski definition) is 6. The monoisotopic (exact) mass is 584 g/mol. The molecule has 14 heteroatoms. The van der Waals surface area contributed by atoms with Crippen molar-refractivity contribution in [2.45, 2.75) is 51.4 Å². The summed E-state index contributed by atoms with van der Waals surface area (Å²) in [5.41, 5.74) is 0.452. The number of nitrogens with one attached hydrogen (secondary N) is 2. The van der Waals surface area contributed by atoms with E-state index in [-0.39, 0.29) is 51.4 Å². The van der Waals surface area contributed by atoms with Crippen molar-refractivity contribution in [3.63, 3.8) is 0 Å². The molecule has 0 amide bonds. The molecule has 1 atom stereocenters. The van der Waals surface area contributed by atoms with Crippen LogP contribution < -0.4 is 10.3 Å². The highest BCUT2D eigenvalue weighted by Gasteiger charge is 2.47. The van der Waals surface area contributed by atoms with E-state index >= 15 is 0 Å². The van der Waals surface area contributed by atoms with Crippen LogP contribution in [0.1, 0.15) is 37.3 Å². The average molecular weight is 585 g/mol. The number of nitrogens with zero attached hydrogens (tertiary/aromatic N) is 6. The van der Waals surface area contributed by atoms with Gasteiger partial charge in [0, 0.05) is 31.1 Å². The average Bonchev–Trinajstić information content (AvgIpc) is 3.73. The normalized spacial score (nSPS) is 20.6. The predicted molar refractivity (Wildman–Crippen MR) is 148 cm³/mol. The van der Waals surface area contributed by atoms with Gasteiger partial charge in [-0.1, -0.05) is 0 Å². The van der Waals surface area contributed by atoms with E-state index in [4.69, 9.17) is 4.74 Å². The van der Waals surface area contributed by atoms with Crippen molar-refractivity contribution >= 4 is 33.0 Å². The topological polar surface area (TPSA) is 110 Å². The number of aromatic nitrogens is 7. The molecule has 4 aromatic heterocycles. The molecule has 0 spiro atoms. The van der Waals surface area contributed by atoms with Gasteiger partial charge in [0.2, 0.25) is 0 Å². The van der Waals surface area contributed by atoms with Crippen molar-refractivity contribution in [3.05, 3.63) is 45.6 Å². The standard InChI is InChI=1S/C28H28F4N8O2/c1-4-40-22-19-24(34-26(35-25(19)41)42-13-27-6-5-7-39(27)12-15(9-27)10-29)38(3)23(22)21(37-40)18-16-11-33-36-17(16)8-14(2)20(18)28(30,31)32/h8,10-11H,4-7,9,12-13H2,1-3H3,(H,33,36)(H,34,35,41)/b15-10-/t27-/m0/s1. The van der Waals surface area contributed by atoms with Gasteiger partial charge < -0.3 is 9.30 Å². The fourth-order valence-electron chi connectivity index (χ4n) is 6.98. The molecule has 0 saturated carbocycles. The first-order valence-electron chi connectivity index (χ1n) is 13.8. The smallest absolute Gasteiger partial charge is 0.417 e. The van der Waals surface area contributed by atoms with Crippen LogP contribution >= 0.6 is 0 Å². The number of benzene rings is 1. The third-order valence-corrected chi connectivity index (χ3v) is 8.78. The second-order valence-electron chi connectivity index (χ2n) is 11.2. The summed E-state index contributed by atoms with van der Waals surface area (Å²) >= 11 is 0. The van der Waals surface area contributed by atoms with Crippen molar-refractivity contribution in [1.29, 1.82) is 0 Å². The van der Waals surface area contributed by atoms with Crippen LogP contribution in [0.2, 0.25) is 0 Å². The number of ether oxygens (including phenoxy) is 1. The summed E-state index contributed by atoms with van der Waals surface area (Å²) in [6, 6.07) is 1.41. The SMILES string of the molecule is CCn1nc(-c2c(C(F)(F)F)c(C)cc3[nH]ncc23)c2c1c1c(=O)[nH]c(OC[C@@]34CCCN3C/C(=C\F)C4)nc1n2C. The molecule has 2 saturated heterocycles. The Morgan fingerprint density at radius 1 is 1.26 bits per heavy atom. The van der Waals surface area contributed by atoms with E-state index in [1.54, 1.807) is 18.5 Å². The number of alkyl halides is 3. The number of halogens is 4. The highest BCUT2D eigenvalue weighted by molar-refractivity contribution is 6.12. The Hall–Kier alpha value is -4.20. The summed E-state index contributed by atoms with van der Waals surface area (Å²) in [6.45, 7) is 5.11. The zero-order chi connectivity index (χ0) is 29.6. The maximum absolute atomic E-state index is 14.5. The molecule has 2 aliphatic heterocycles. The molecule has 2 N–H and O–H groups in total. The Morgan fingerprint density at radius 3 is 2.81 bits per heavy atom. The Morgan fingerprint density at radius 2 is 2.07 bits per heavy atom. The first-order chi connectivity index (χ1) is 20.1. The molecule has 0 bridgehead atoms. The lowest BCUT2D eigenvalue weighted by atomic mass is 9.94. The molecule has 10 nitrogen and oxygen atoms in total. The molecule has 2 fully saturated rings. The molecule has 7 rings (SSSR count). The number of aromatic amines is 2. The van der Waals surface area contributed by atoms with Gasteiger partial charge in [-0.25, -0.2) is 4.39 Å². The maximum Gasteiger partial charge on any atom is 0.417 e. The van der Waals surface area contributed by atoms with Crippen molar-refractivity contribution < 1.29 is 22.3 Å². The number of hydrogen-bond donors (Lipinski definition) is 2. The van der Waals surface area contributed by atoms with Gasteiger partial charge in [0.1, 0.15) is 23.2 Å². The zero-order valence-electron chi connectivity index (χ0n) is 23.2. The van der Waals surface area contributed by atoms with E-state index in [9.17, 15) is 22.4 Å². The fourth-order valence-corrected chi connectivity index (χ4v) is 6.98. The van der Waals surface area contributed by atoms with Gasteiger partial charge in [0.05, 0.1) is 34.7 Å². The summed E-state index contributed by atoms with van der Waals surface area (Å²) in [7, 11) is 1.65. The van der Waals surface area contributed by atoms with Gasteiger partial charge in [-0.2, -0.15) is 28.4 Å². The van der Waals surface area contributed by atoms with Crippen LogP contribution in [0, 0.1) is 6.92 Å². The second kappa shape index (κ2) is 9.15. The molecular formula is C28H28F4N8O2. The molecule has 42 heavy (non-hydrogen) atoms. The number of H-pyrrole nitrogens is 2. The molecule has 0 radical (unpaired) electrons. The third-order valence-electron chi connectivity index (χ3n) is 8.78. The highest BCUT2D eigenvalue weighted by atomic mass is 19.4. The van der Waals surface area contributed by atoms with Crippen molar-refractivity contribution in [2.24, 2.45) is 7.05 Å². The fraction of sp³-hybridized carbons (Fsp3) is 0.429. The summed E-state index contributed by atoms with van der Waals surface area (Å²) in [5, 5.41) is 11.8. The van der Waals surface area contributed by atoms with Gasteiger partial charge in [-0.15, -0.1) is 0 Å². The second-order valence-corrected chi connectivity index (χ2v) is 11.2. The van der Waals surface area contributed by atoms with E-state index in [0.29, 0.717) is 48.0 Å². The van der Waals surface area contributed by atoms with Crippen LogP contribution in [-0.2, 0) is 19.8 Å². The molecule has 0 unspecified atom stereocenters. The van der Waals surface area contributed by atoms with Crippen molar-refractivity contribution in [1.82, 2.24) is 39.4 Å². The molecule has 220 valence electrons. The first kappa shape index (κ1) is 26.7. The van der Waals surface area contributed by atoms with Crippen LogP contribution in [0.4, 0.5) is 17.6 Å². The van der Waals surface area contributed by atoms with Crippen LogP contribution in [0.15, 0.2) is 29.0 Å². The van der Waals surface area contributed by atoms with Gasteiger partial charge in [0.25, 0.3) is 11.6 Å². The molecule has 5 aromatic rings. The van der Waals surface area contributed by atoms with Crippen LogP contribution in [0.5, 0.6) is 6.01 Å². The minimum atomic E-state index is -4.67. The lowest BCUT2D eigenvalue weighted by Gasteiger charge is -2.30. The van der Waals surface area contributed by atoms with Gasteiger partial charge in [0.15, 0.2) is 5.65 Å². The molecular weight excluding hydrogens is 556 g/mol. The predicted octanol–water partition coefficient (Wildman–Crippen LogP) is 4.97. The quantitative estimate of drug-likeness (QED) is 0.283. The van der Waals surface area contributed by atoms with Crippen molar-refractivity contribution in [3.8, 4) is 17.3 Å². The third kappa shape index (κ3) is 3.73. The number of rotatable bonds is 5. The van der Waals surface area contributed by atoms with Crippen LogP contribution in [-0.4, -0.2) is 64.6 Å². The van der Waals surface area contributed by atoms with Crippen LogP contribution in [0.3, 0.4) is 0 Å². The lowest BCUT2D eigenvalue weighted by molar-refractivity contribution is -0.137. The minimum absolute atomic E-state index is 0.00373. The van der Waals surface area contributed by atoms with Crippen LogP contribution in [0.25, 0.3) is 44.2 Å². The minimum Gasteiger partial charge on any atom is -0.463 e. The molecule has 2 aliphatic rings. The molecule has 6 heterocycles. The summed E-state index contributed by atoms with van der Waals surface area (Å²) in [5.74, 6) is 0. The van der Waals surface area contributed by atoms with Crippen molar-refractivity contribution in [2.75, 3.05) is 19.7 Å². The lowest BCUT2D eigenvalue weighted by Crippen LogP contribution is -2.43.